The molecule has 31 heavy (non-hydrogen) atoms. The van der Waals surface area contributed by atoms with E-state index in [-0.39, 0.29) is 18.3 Å². The summed E-state index contributed by atoms with van der Waals surface area (Å²) in [5, 5.41) is 33.9. The quantitative estimate of drug-likeness (QED) is 0.0454. The highest BCUT2D eigenvalue weighted by atomic mass is 32.1. The molecule has 0 aromatic heterocycles. The minimum absolute atomic E-state index is 0.112. The molecule has 0 rings (SSSR count). The molecule has 0 fully saturated rings. The third-order valence-electron chi connectivity index (χ3n) is 2.94. The highest BCUT2D eigenvalue weighted by Crippen LogP contribution is 1.92. The summed E-state index contributed by atoms with van der Waals surface area (Å²) in [6.07, 6.45) is 0.975. The zero-order valence-electron chi connectivity index (χ0n) is 17.1. The van der Waals surface area contributed by atoms with Crippen LogP contribution in [0.1, 0.15) is 19.8 Å². The third-order valence-corrected chi connectivity index (χ3v) is 3.33. The van der Waals surface area contributed by atoms with Gasteiger partial charge in [-0.15, -0.1) is 0 Å². The Morgan fingerprint density at radius 3 is 1.74 bits per heavy atom. The van der Waals surface area contributed by atoms with Crippen molar-refractivity contribution in [2.45, 2.75) is 43.9 Å². The fraction of sp³-hybridized carbons (Fsp3) is 0.667. The molecule has 0 unspecified atom stereocenters. The van der Waals surface area contributed by atoms with E-state index in [1.807, 2.05) is 0 Å². The largest absolute Gasteiger partial charge is 0.480 e. The minimum Gasteiger partial charge on any atom is -0.480 e. The Morgan fingerprint density at radius 1 is 0.968 bits per heavy atom. The number of guanidine groups is 1. The van der Waals surface area contributed by atoms with Crippen LogP contribution in [0.4, 0.5) is 0 Å². The number of nitrogens with one attached hydrogen (secondary N) is 2. The van der Waals surface area contributed by atoms with E-state index in [0.29, 0.717) is 19.4 Å². The number of ether oxygens (including phenoxy) is 1. The molecule has 0 saturated carbocycles. The molecule has 0 radical (unpaired) electrons. The molecule has 15 N–H and O–H groups in total. The van der Waals surface area contributed by atoms with Gasteiger partial charge in [-0.3, -0.25) is 24.6 Å². The zero-order valence-corrected chi connectivity index (χ0v) is 18.0. The van der Waals surface area contributed by atoms with Gasteiger partial charge in [0.1, 0.15) is 30.8 Å². The first-order chi connectivity index (χ1) is 14.2. The average molecular weight is 472 g/mol. The van der Waals surface area contributed by atoms with Gasteiger partial charge in [-0.25, -0.2) is 0 Å². The summed E-state index contributed by atoms with van der Waals surface area (Å²) in [7, 11) is 0. The highest BCUT2D eigenvalue weighted by Gasteiger charge is 2.17. The molecule has 0 heterocycles. The van der Waals surface area contributed by atoms with Crippen LogP contribution in [0.2, 0.25) is 0 Å². The number of carbonyl (C=O) groups is 4. The van der Waals surface area contributed by atoms with Crippen LogP contribution in [-0.4, -0.2) is 88.2 Å². The summed E-state index contributed by atoms with van der Waals surface area (Å²) in [6, 6.07) is -3.61. The number of esters is 1. The Balaban J connectivity index is -0.000000405. The van der Waals surface area contributed by atoms with E-state index in [1.165, 1.54) is 6.92 Å². The average Bonchev–Trinajstić information content (AvgIpc) is 2.68. The summed E-state index contributed by atoms with van der Waals surface area (Å²) in [4.78, 5) is 40.8. The Bertz CT molecular complexity index is 580. The van der Waals surface area contributed by atoms with Crippen molar-refractivity contribution in [1.29, 1.82) is 5.41 Å². The summed E-state index contributed by atoms with van der Waals surface area (Å²) in [5.74, 6) is -3.87. The molecule has 16 heteroatoms. The topological polar surface area (TPSA) is 304 Å². The van der Waals surface area contributed by atoms with Gasteiger partial charge in [0, 0.05) is 12.3 Å². The fourth-order valence-corrected chi connectivity index (χ4v) is 1.24. The van der Waals surface area contributed by atoms with Gasteiger partial charge < -0.3 is 54.0 Å². The smallest absolute Gasteiger partial charge is 0.324 e. The van der Waals surface area contributed by atoms with Crippen LogP contribution in [0.25, 0.3) is 0 Å². The van der Waals surface area contributed by atoms with Crippen molar-refractivity contribution >= 4 is 42.5 Å². The van der Waals surface area contributed by atoms with Gasteiger partial charge in [0.05, 0.1) is 0 Å². The number of carboxylic acids is 3. The van der Waals surface area contributed by atoms with Crippen LogP contribution in [0.5, 0.6) is 0 Å². The second-order valence-electron chi connectivity index (χ2n) is 5.92. The van der Waals surface area contributed by atoms with E-state index in [2.05, 4.69) is 22.7 Å². The second-order valence-corrected chi connectivity index (χ2v) is 6.28. The van der Waals surface area contributed by atoms with Crippen molar-refractivity contribution in [2.75, 3.05) is 18.9 Å². The number of aliphatic carboxylic acids is 3. The number of hydrogen-bond donors (Lipinski definition) is 11. The van der Waals surface area contributed by atoms with E-state index < -0.39 is 48.0 Å². The summed E-state index contributed by atoms with van der Waals surface area (Å²) in [6.45, 7) is 1.52. The van der Waals surface area contributed by atoms with Crippen LogP contribution in [0, 0.1) is 5.41 Å². The van der Waals surface area contributed by atoms with Crippen LogP contribution < -0.4 is 34.0 Å². The summed E-state index contributed by atoms with van der Waals surface area (Å²) < 4.78 is 4.50. The lowest BCUT2D eigenvalue weighted by atomic mass is 10.2. The van der Waals surface area contributed by atoms with Crippen molar-refractivity contribution in [3.8, 4) is 0 Å². The minimum atomic E-state index is -1.23. The maximum absolute atomic E-state index is 10.9. The van der Waals surface area contributed by atoms with Crippen molar-refractivity contribution < 1.29 is 39.2 Å². The number of nitrogens with two attached hydrogens (primary N) is 5. The molecule has 0 aliphatic rings. The van der Waals surface area contributed by atoms with Crippen LogP contribution in [0.15, 0.2) is 0 Å². The van der Waals surface area contributed by atoms with E-state index in [4.69, 9.17) is 49.4 Å². The molecule has 0 aromatic rings. The van der Waals surface area contributed by atoms with Gasteiger partial charge in [0.15, 0.2) is 5.96 Å². The molecule has 0 amide bonds. The molecule has 15 nitrogen and oxygen atoms in total. The number of carbonyl (C=O) groups excluding carboxylic acids is 1. The first kappa shape index (κ1) is 33.0. The standard InChI is InChI=1S/C6H14N4O2.C6H12N2O4S.C3H7NO2/c7-4(5(11)12)2-1-3-10-6(8)9;7-3(5(9)10)1-12-6(11)4(8)2-13;1-2(4)3(5)6/h4H,1-3,7H2,(H,11,12)(H4,8,9,10);3-4,13H,1-2,7-8H2,(H,9,10);2H,4H2,1H3,(H,5,6)/t4-;3-,4-;2-/m000/s1. The van der Waals surface area contributed by atoms with Crippen LogP contribution in [0.3, 0.4) is 0 Å². The number of rotatable bonds is 11. The molecule has 0 saturated heterocycles. The molecular formula is C15H33N7O8S. The Labute approximate surface area is 184 Å². The van der Waals surface area contributed by atoms with E-state index in [0.717, 1.165) is 0 Å². The highest BCUT2D eigenvalue weighted by molar-refractivity contribution is 7.80. The van der Waals surface area contributed by atoms with Crippen LogP contribution in [-0.2, 0) is 23.9 Å². The van der Waals surface area contributed by atoms with E-state index in [1.54, 1.807) is 0 Å². The second kappa shape index (κ2) is 19.3. The Morgan fingerprint density at radius 2 is 1.42 bits per heavy atom. The van der Waals surface area contributed by atoms with Gasteiger partial charge in [-0.2, -0.15) is 12.6 Å². The Kier molecular flexibility index (Phi) is 20.6. The summed E-state index contributed by atoms with van der Waals surface area (Å²) >= 11 is 3.77. The third kappa shape index (κ3) is 23.5. The first-order valence-corrected chi connectivity index (χ1v) is 9.36. The van der Waals surface area contributed by atoms with Gasteiger partial charge >= 0.3 is 23.9 Å². The lowest BCUT2D eigenvalue weighted by Gasteiger charge is -2.10. The maximum Gasteiger partial charge on any atom is 0.324 e. The molecule has 0 aliphatic carbocycles. The predicted molar refractivity (Wildman–Crippen MR) is 114 cm³/mol. The van der Waals surface area contributed by atoms with Crippen molar-refractivity contribution in [3.63, 3.8) is 0 Å². The van der Waals surface area contributed by atoms with E-state index in [9.17, 15) is 19.2 Å². The monoisotopic (exact) mass is 471 g/mol. The lowest BCUT2D eigenvalue weighted by molar-refractivity contribution is -0.148. The fourth-order valence-electron chi connectivity index (χ4n) is 1.09. The predicted octanol–water partition coefficient (Wildman–Crippen LogP) is -3.72. The van der Waals surface area contributed by atoms with Crippen LogP contribution >= 0.6 is 12.6 Å². The number of thiol groups is 1. The van der Waals surface area contributed by atoms with Crippen molar-refractivity contribution in [3.05, 3.63) is 0 Å². The zero-order chi connectivity index (χ0) is 25.1. The molecule has 4 atom stereocenters. The molecule has 182 valence electrons. The molecule has 0 aromatic carbocycles. The molecule has 0 spiro atoms. The van der Waals surface area contributed by atoms with Crippen molar-refractivity contribution in [2.24, 2.45) is 28.7 Å². The summed E-state index contributed by atoms with van der Waals surface area (Å²) in [5.41, 5.74) is 25.4. The van der Waals surface area contributed by atoms with Crippen molar-refractivity contribution in [1.82, 2.24) is 5.32 Å². The number of hydrogen-bond acceptors (Lipinski definition) is 11. The van der Waals surface area contributed by atoms with Gasteiger partial charge in [-0.1, -0.05) is 0 Å². The molecule has 0 bridgehead atoms. The maximum atomic E-state index is 10.9. The Hall–Kier alpha value is -2.66. The SMILES string of the molecule is C[C@H](N)C(=O)O.N=C(N)NCCC[C@H](N)C(=O)O.N[C@@H](COC(=O)[C@@H](N)CS)C(=O)O. The van der Waals surface area contributed by atoms with Gasteiger partial charge in [0.25, 0.3) is 0 Å². The number of carboxylic acid groups (broad SMARTS) is 3. The molecule has 0 aliphatic heterocycles. The molecular weight excluding hydrogens is 438 g/mol. The lowest BCUT2D eigenvalue weighted by Crippen LogP contribution is -2.40. The normalized spacial score (nSPS) is 13.5. The van der Waals surface area contributed by atoms with Gasteiger partial charge in [-0.05, 0) is 19.8 Å². The van der Waals surface area contributed by atoms with Gasteiger partial charge in [0.2, 0.25) is 0 Å². The van der Waals surface area contributed by atoms with E-state index >= 15 is 0 Å². The first-order valence-electron chi connectivity index (χ1n) is 8.73.